The predicted octanol–water partition coefficient (Wildman–Crippen LogP) is 3.45. The molecule has 2 unspecified atom stereocenters. The normalized spacial score (nSPS) is 18.0. The highest BCUT2D eigenvalue weighted by Gasteiger charge is 2.25. The Morgan fingerprint density at radius 3 is 2.84 bits per heavy atom. The van der Waals surface area contributed by atoms with E-state index >= 15 is 0 Å². The number of halogens is 1. The van der Waals surface area contributed by atoms with E-state index in [1.807, 2.05) is 48.7 Å². The summed E-state index contributed by atoms with van der Waals surface area (Å²) >= 11 is 1.53. The molecular weight excluding hydrogens is 527 g/mol. The number of guanidine groups is 1. The van der Waals surface area contributed by atoms with Gasteiger partial charge in [-0.25, -0.2) is 4.99 Å². The number of amides is 1. The smallest absolute Gasteiger partial charge is 0.253 e. The number of nitrogens with zero attached hydrogens (tertiary/aromatic N) is 1. The minimum atomic E-state index is -0.975. The van der Waals surface area contributed by atoms with Gasteiger partial charge in [-0.15, -0.1) is 35.3 Å². The molecule has 9 heteroatoms. The van der Waals surface area contributed by atoms with Crippen molar-refractivity contribution >= 4 is 52.9 Å². The van der Waals surface area contributed by atoms with Crippen LogP contribution >= 0.6 is 35.3 Å². The van der Waals surface area contributed by atoms with Gasteiger partial charge >= 0.3 is 0 Å². The standard InChI is InChI=1S/C22H30N4O3S.HI/c1-3-23-21(25-15-22(2,28)19-10-6-12-30-19)24-14-16-7-4-8-17(13-16)26-20(27)18-9-5-11-29-18;/h4,6-8,10,12-13,18,28H,3,5,9,11,14-15H2,1-2H3,(H,26,27)(H2,23,24,25);1H. The molecule has 2 atom stereocenters. The van der Waals surface area contributed by atoms with Crippen molar-refractivity contribution in [1.82, 2.24) is 10.6 Å². The summed E-state index contributed by atoms with van der Waals surface area (Å²) in [6, 6.07) is 11.5. The van der Waals surface area contributed by atoms with Gasteiger partial charge in [0.2, 0.25) is 0 Å². The Morgan fingerprint density at radius 1 is 1.32 bits per heavy atom. The number of carbonyl (C=O) groups is 1. The van der Waals surface area contributed by atoms with E-state index in [1.165, 1.54) is 11.3 Å². The first-order chi connectivity index (χ1) is 14.5. The van der Waals surface area contributed by atoms with Crippen LogP contribution in [-0.4, -0.2) is 42.8 Å². The maximum atomic E-state index is 12.2. The summed E-state index contributed by atoms with van der Waals surface area (Å²) in [6.45, 7) is 5.93. The molecule has 1 aromatic heterocycles. The maximum absolute atomic E-state index is 12.2. The van der Waals surface area contributed by atoms with Crippen molar-refractivity contribution in [3.63, 3.8) is 0 Å². The van der Waals surface area contributed by atoms with Gasteiger partial charge < -0.3 is 25.8 Å². The minimum Gasteiger partial charge on any atom is -0.383 e. The Bertz CT molecular complexity index is 852. The summed E-state index contributed by atoms with van der Waals surface area (Å²) < 4.78 is 5.43. The van der Waals surface area contributed by atoms with Gasteiger partial charge in [-0.05, 0) is 55.8 Å². The SMILES string of the molecule is CCNC(=NCc1cccc(NC(=O)C2CCCO2)c1)NCC(C)(O)c1cccs1.I. The summed E-state index contributed by atoms with van der Waals surface area (Å²) in [5, 5.41) is 22.0. The maximum Gasteiger partial charge on any atom is 0.253 e. The summed E-state index contributed by atoms with van der Waals surface area (Å²) in [5.74, 6) is 0.530. The number of aliphatic imine (C=N–C) groups is 1. The molecule has 31 heavy (non-hydrogen) atoms. The van der Waals surface area contributed by atoms with Crippen LogP contribution in [0, 0.1) is 0 Å². The van der Waals surface area contributed by atoms with Crippen LogP contribution in [0.4, 0.5) is 5.69 Å². The van der Waals surface area contributed by atoms with Gasteiger partial charge in [0.05, 0.1) is 13.1 Å². The van der Waals surface area contributed by atoms with Gasteiger partial charge in [-0.3, -0.25) is 4.79 Å². The summed E-state index contributed by atoms with van der Waals surface area (Å²) in [4.78, 5) is 17.8. The molecule has 1 amide bonds. The van der Waals surface area contributed by atoms with Crippen molar-refractivity contribution in [3.05, 3.63) is 52.2 Å². The lowest BCUT2D eigenvalue weighted by Crippen LogP contribution is -2.44. The quantitative estimate of drug-likeness (QED) is 0.226. The van der Waals surface area contributed by atoms with Gasteiger partial charge in [0.15, 0.2) is 5.96 Å². The molecule has 0 bridgehead atoms. The second-order valence-corrected chi connectivity index (χ2v) is 8.44. The number of benzene rings is 1. The van der Waals surface area contributed by atoms with Crippen LogP contribution in [0.1, 0.15) is 37.1 Å². The van der Waals surface area contributed by atoms with Crippen LogP contribution in [0.15, 0.2) is 46.8 Å². The van der Waals surface area contributed by atoms with Crippen molar-refractivity contribution in [2.24, 2.45) is 4.99 Å². The fourth-order valence-electron chi connectivity index (χ4n) is 3.19. The average Bonchev–Trinajstić information content (AvgIpc) is 3.45. The average molecular weight is 558 g/mol. The molecule has 1 fully saturated rings. The highest BCUT2D eigenvalue weighted by molar-refractivity contribution is 14.0. The van der Waals surface area contributed by atoms with Crippen LogP contribution in [-0.2, 0) is 21.7 Å². The molecule has 1 aliphatic heterocycles. The number of thiophene rings is 1. The first-order valence-corrected chi connectivity index (χ1v) is 11.2. The van der Waals surface area contributed by atoms with E-state index in [4.69, 9.17) is 4.74 Å². The molecule has 0 radical (unpaired) electrons. The zero-order chi connectivity index (χ0) is 21.4. The Morgan fingerprint density at radius 2 is 2.16 bits per heavy atom. The third-order valence-corrected chi connectivity index (χ3v) is 5.96. The molecule has 1 aliphatic rings. The predicted molar refractivity (Wildman–Crippen MR) is 136 cm³/mol. The van der Waals surface area contributed by atoms with Crippen molar-refractivity contribution in [2.45, 2.75) is 44.9 Å². The number of carbonyl (C=O) groups excluding carboxylic acids is 1. The van der Waals surface area contributed by atoms with Crippen LogP contribution in [0.25, 0.3) is 0 Å². The number of hydrogen-bond acceptors (Lipinski definition) is 5. The third kappa shape index (κ3) is 7.74. The molecule has 2 heterocycles. The van der Waals surface area contributed by atoms with Gasteiger partial charge in [0, 0.05) is 23.7 Å². The van der Waals surface area contributed by atoms with Crippen LogP contribution < -0.4 is 16.0 Å². The van der Waals surface area contributed by atoms with Crippen molar-refractivity contribution in [1.29, 1.82) is 0 Å². The van der Waals surface area contributed by atoms with E-state index in [2.05, 4.69) is 20.9 Å². The van der Waals surface area contributed by atoms with Crippen molar-refractivity contribution in [2.75, 3.05) is 25.0 Å². The zero-order valence-corrected chi connectivity index (χ0v) is 21.0. The topological polar surface area (TPSA) is 95.0 Å². The van der Waals surface area contributed by atoms with Gasteiger partial charge in [0.1, 0.15) is 11.7 Å². The lowest BCUT2D eigenvalue weighted by molar-refractivity contribution is -0.124. The summed E-state index contributed by atoms with van der Waals surface area (Å²) in [6.07, 6.45) is 1.34. The molecular formula is C22H31IN4O3S. The minimum absolute atomic E-state index is 0. The van der Waals surface area contributed by atoms with Crippen LogP contribution in [0.2, 0.25) is 0 Å². The number of hydrogen-bond donors (Lipinski definition) is 4. The third-order valence-electron chi connectivity index (χ3n) is 4.83. The fourth-order valence-corrected chi connectivity index (χ4v) is 3.98. The highest BCUT2D eigenvalue weighted by atomic mass is 127. The lowest BCUT2D eigenvalue weighted by atomic mass is 10.1. The monoisotopic (exact) mass is 558 g/mol. The van der Waals surface area contributed by atoms with Gasteiger partial charge in [0.25, 0.3) is 5.91 Å². The Kier molecular flexibility index (Phi) is 10.2. The number of anilines is 1. The molecule has 0 aliphatic carbocycles. The van der Waals surface area contributed by atoms with E-state index in [1.54, 1.807) is 6.92 Å². The van der Waals surface area contributed by atoms with E-state index in [0.717, 1.165) is 29.0 Å². The first kappa shape index (κ1) is 25.6. The summed E-state index contributed by atoms with van der Waals surface area (Å²) in [7, 11) is 0. The molecule has 170 valence electrons. The fraction of sp³-hybridized carbons (Fsp3) is 0.455. The summed E-state index contributed by atoms with van der Waals surface area (Å²) in [5.41, 5.74) is 0.737. The largest absolute Gasteiger partial charge is 0.383 e. The van der Waals surface area contributed by atoms with Crippen molar-refractivity contribution < 1.29 is 14.6 Å². The molecule has 3 rings (SSSR count). The van der Waals surface area contributed by atoms with Crippen molar-refractivity contribution in [3.8, 4) is 0 Å². The molecule has 7 nitrogen and oxygen atoms in total. The Hall–Kier alpha value is -1.69. The van der Waals surface area contributed by atoms with E-state index in [-0.39, 0.29) is 36.0 Å². The molecule has 2 aromatic rings. The molecule has 1 aromatic carbocycles. The number of rotatable bonds is 8. The Labute approximate surface area is 204 Å². The van der Waals surface area contributed by atoms with E-state index in [0.29, 0.717) is 32.2 Å². The molecule has 0 saturated carbocycles. The molecule has 1 saturated heterocycles. The zero-order valence-electron chi connectivity index (χ0n) is 17.9. The second kappa shape index (κ2) is 12.4. The first-order valence-electron chi connectivity index (χ1n) is 10.3. The van der Waals surface area contributed by atoms with E-state index in [9.17, 15) is 9.90 Å². The Balaban J connectivity index is 0.00000341. The number of ether oxygens (including phenoxy) is 1. The number of nitrogens with one attached hydrogen (secondary N) is 3. The van der Waals surface area contributed by atoms with Gasteiger partial charge in [-0.1, -0.05) is 18.2 Å². The molecule has 4 N–H and O–H groups in total. The van der Waals surface area contributed by atoms with Crippen LogP contribution in [0.3, 0.4) is 0 Å². The number of aliphatic hydroxyl groups is 1. The second-order valence-electron chi connectivity index (χ2n) is 7.49. The van der Waals surface area contributed by atoms with Gasteiger partial charge in [-0.2, -0.15) is 0 Å². The van der Waals surface area contributed by atoms with E-state index < -0.39 is 5.60 Å². The van der Waals surface area contributed by atoms with Crippen LogP contribution in [0.5, 0.6) is 0 Å². The molecule has 0 spiro atoms. The highest BCUT2D eigenvalue weighted by Crippen LogP contribution is 2.24. The lowest BCUT2D eigenvalue weighted by Gasteiger charge is -2.23.